The minimum atomic E-state index is -0.00914. The first-order valence-electron chi connectivity index (χ1n) is 7.64. The van der Waals surface area contributed by atoms with Gasteiger partial charge in [-0.1, -0.05) is 19.9 Å². The molecule has 1 nitrogen and oxygen atoms in total. The van der Waals surface area contributed by atoms with Crippen molar-refractivity contribution in [2.75, 3.05) is 0 Å². The van der Waals surface area contributed by atoms with Gasteiger partial charge in [-0.3, -0.25) is 4.99 Å². The molecule has 0 aromatic carbocycles. The van der Waals surface area contributed by atoms with Gasteiger partial charge in [-0.25, -0.2) is 0 Å². The van der Waals surface area contributed by atoms with Crippen molar-refractivity contribution >= 4 is 34.0 Å². The van der Waals surface area contributed by atoms with Crippen LogP contribution in [0.15, 0.2) is 69.9 Å². The summed E-state index contributed by atoms with van der Waals surface area (Å²) in [4.78, 5) is 8.65. The van der Waals surface area contributed by atoms with Crippen LogP contribution in [-0.4, -0.2) is 5.71 Å². The highest BCUT2D eigenvalue weighted by atomic mass is 32.1. The fourth-order valence-corrected chi connectivity index (χ4v) is 4.68. The first-order valence-corrected chi connectivity index (χ1v) is 9.34. The molecule has 0 fully saturated rings. The number of nitrogens with zero attached hydrogens (tertiary/aromatic N) is 1. The van der Waals surface area contributed by atoms with Crippen LogP contribution in [0.5, 0.6) is 0 Å². The Morgan fingerprint density at radius 1 is 1.04 bits per heavy atom. The summed E-state index contributed by atoms with van der Waals surface area (Å²) in [5, 5.41) is 2.13. The van der Waals surface area contributed by atoms with Crippen molar-refractivity contribution in [3.63, 3.8) is 0 Å². The molecule has 1 aliphatic carbocycles. The van der Waals surface area contributed by atoms with Crippen LogP contribution in [0.25, 0.3) is 15.3 Å². The first kappa shape index (κ1) is 14.6. The monoisotopic (exact) mass is 335 g/mol. The van der Waals surface area contributed by atoms with Crippen LogP contribution in [0.4, 0.5) is 0 Å². The molecule has 0 bridgehead atoms. The van der Waals surface area contributed by atoms with E-state index >= 15 is 0 Å². The van der Waals surface area contributed by atoms with E-state index in [-0.39, 0.29) is 5.41 Å². The van der Waals surface area contributed by atoms with Crippen molar-refractivity contribution in [1.29, 1.82) is 0 Å². The van der Waals surface area contributed by atoms with Gasteiger partial charge in [0, 0.05) is 31.8 Å². The van der Waals surface area contributed by atoms with Gasteiger partial charge in [-0.2, -0.15) is 0 Å². The largest absolute Gasteiger partial charge is 0.256 e. The standard InChI is InChI=1S/C20H17NS2/c1-13-20(2,3)15-12-14(6-4-7-16(15)21-13)17-9-10-19(23-17)18-8-5-11-22-18/h5-12H,1-3H3. The number of allylic oxidation sites excluding steroid dienone is 4. The van der Waals surface area contributed by atoms with Gasteiger partial charge in [0.25, 0.3) is 0 Å². The summed E-state index contributed by atoms with van der Waals surface area (Å²) in [6.07, 6.45) is 6.37. The van der Waals surface area contributed by atoms with Gasteiger partial charge in [0.1, 0.15) is 0 Å². The maximum atomic E-state index is 4.72. The molecule has 23 heavy (non-hydrogen) atoms. The zero-order chi connectivity index (χ0) is 16.0. The Morgan fingerprint density at radius 3 is 2.65 bits per heavy atom. The van der Waals surface area contributed by atoms with E-state index in [9.17, 15) is 0 Å². The summed E-state index contributed by atoms with van der Waals surface area (Å²) in [6.45, 7) is 6.60. The van der Waals surface area contributed by atoms with Crippen molar-refractivity contribution in [3.05, 3.63) is 69.8 Å². The quantitative estimate of drug-likeness (QED) is 0.568. The molecule has 3 heterocycles. The van der Waals surface area contributed by atoms with Crippen molar-refractivity contribution in [2.45, 2.75) is 20.8 Å². The van der Waals surface area contributed by atoms with Gasteiger partial charge in [0.15, 0.2) is 0 Å². The SMILES string of the molecule is CC1=NC2=C(C=C(c3ccc(-c4cccs4)s3)C=C=C2)C1(C)C. The second kappa shape index (κ2) is 5.31. The Hall–Kier alpha value is -1.93. The second-order valence-electron chi connectivity index (χ2n) is 6.32. The van der Waals surface area contributed by atoms with E-state index in [0.717, 1.165) is 5.70 Å². The van der Waals surface area contributed by atoms with Crippen molar-refractivity contribution in [1.82, 2.24) is 0 Å². The van der Waals surface area contributed by atoms with Crippen LogP contribution in [0.3, 0.4) is 0 Å². The van der Waals surface area contributed by atoms with E-state index in [1.54, 1.807) is 11.3 Å². The Kier molecular flexibility index (Phi) is 3.38. The van der Waals surface area contributed by atoms with Crippen LogP contribution < -0.4 is 0 Å². The topological polar surface area (TPSA) is 12.4 Å². The van der Waals surface area contributed by atoms with E-state index in [1.807, 2.05) is 17.4 Å². The zero-order valence-electron chi connectivity index (χ0n) is 13.4. The molecule has 0 amide bonds. The minimum absolute atomic E-state index is 0.00914. The molecule has 0 atom stereocenters. The normalized spacial score (nSPS) is 18.7. The summed E-state index contributed by atoms with van der Waals surface area (Å²) < 4.78 is 0. The first-order chi connectivity index (χ1) is 11.1. The Labute approximate surface area is 144 Å². The highest BCUT2D eigenvalue weighted by Crippen LogP contribution is 2.42. The molecule has 0 spiro atoms. The van der Waals surface area contributed by atoms with Gasteiger partial charge in [-0.05, 0) is 53.8 Å². The van der Waals surface area contributed by atoms with Crippen molar-refractivity contribution < 1.29 is 0 Å². The predicted molar refractivity (Wildman–Crippen MR) is 102 cm³/mol. The summed E-state index contributed by atoms with van der Waals surface area (Å²) in [7, 11) is 0. The molecular formula is C20H17NS2. The third-order valence-electron chi connectivity index (χ3n) is 4.56. The highest BCUT2D eigenvalue weighted by molar-refractivity contribution is 7.21. The number of aliphatic imine (C=N–C) groups is 1. The molecule has 4 rings (SSSR count). The average molecular weight is 335 g/mol. The highest BCUT2D eigenvalue weighted by Gasteiger charge is 2.33. The lowest BCUT2D eigenvalue weighted by Crippen LogP contribution is -2.19. The molecule has 2 aromatic rings. The van der Waals surface area contributed by atoms with Gasteiger partial charge < -0.3 is 0 Å². The zero-order valence-corrected chi connectivity index (χ0v) is 15.0. The van der Waals surface area contributed by atoms with E-state index < -0.39 is 0 Å². The van der Waals surface area contributed by atoms with E-state index in [1.165, 1.54) is 31.5 Å². The van der Waals surface area contributed by atoms with Crippen LogP contribution in [0.1, 0.15) is 25.6 Å². The van der Waals surface area contributed by atoms with E-state index in [0.29, 0.717) is 0 Å². The average Bonchev–Trinajstić information content (AvgIpc) is 3.20. The smallest absolute Gasteiger partial charge is 0.0747 e. The predicted octanol–water partition coefficient (Wildman–Crippen LogP) is 6.34. The Bertz CT molecular complexity index is 924. The van der Waals surface area contributed by atoms with Crippen LogP contribution in [0.2, 0.25) is 0 Å². The number of hydrogen-bond donors (Lipinski definition) is 0. The third-order valence-corrected chi connectivity index (χ3v) is 6.76. The molecule has 0 saturated heterocycles. The van der Waals surface area contributed by atoms with Crippen LogP contribution >= 0.6 is 22.7 Å². The molecule has 0 saturated carbocycles. The Morgan fingerprint density at radius 2 is 1.87 bits per heavy atom. The van der Waals surface area contributed by atoms with Crippen LogP contribution in [0, 0.1) is 5.41 Å². The number of thiophene rings is 2. The van der Waals surface area contributed by atoms with Gasteiger partial charge >= 0.3 is 0 Å². The molecule has 2 aliphatic rings. The molecule has 0 unspecified atom stereocenters. The molecular weight excluding hydrogens is 318 g/mol. The van der Waals surface area contributed by atoms with E-state index in [4.69, 9.17) is 4.99 Å². The summed E-state index contributed by atoms with van der Waals surface area (Å²) in [5.74, 6) is 0. The maximum absolute atomic E-state index is 4.72. The molecule has 3 heteroatoms. The molecule has 0 N–H and O–H groups in total. The summed E-state index contributed by atoms with van der Waals surface area (Å²) in [5.41, 5.74) is 8.01. The lowest BCUT2D eigenvalue weighted by molar-refractivity contribution is 0.652. The lowest BCUT2D eigenvalue weighted by Gasteiger charge is -2.21. The van der Waals surface area contributed by atoms with Crippen molar-refractivity contribution in [2.24, 2.45) is 10.4 Å². The molecule has 0 radical (unpaired) electrons. The number of rotatable bonds is 2. The van der Waals surface area contributed by atoms with Crippen molar-refractivity contribution in [3.8, 4) is 9.75 Å². The molecule has 114 valence electrons. The summed E-state index contributed by atoms with van der Waals surface area (Å²) in [6, 6.07) is 8.71. The number of hydrogen-bond acceptors (Lipinski definition) is 3. The maximum Gasteiger partial charge on any atom is 0.0747 e. The molecule has 2 aromatic heterocycles. The Balaban J connectivity index is 1.77. The van der Waals surface area contributed by atoms with Gasteiger partial charge in [0.05, 0.1) is 5.70 Å². The molecule has 1 aliphatic heterocycles. The lowest BCUT2D eigenvalue weighted by atomic mass is 9.80. The van der Waals surface area contributed by atoms with Gasteiger partial charge in [0.2, 0.25) is 0 Å². The fourth-order valence-electron chi connectivity index (χ4n) is 2.85. The van der Waals surface area contributed by atoms with Crippen LogP contribution in [-0.2, 0) is 0 Å². The van der Waals surface area contributed by atoms with E-state index in [2.05, 4.69) is 68.3 Å². The fraction of sp³-hybridized carbons (Fsp3) is 0.200. The third kappa shape index (κ3) is 2.42. The second-order valence-corrected chi connectivity index (χ2v) is 8.35. The minimum Gasteiger partial charge on any atom is -0.256 e. The van der Waals surface area contributed by atoms with Gasteiger partial charge in [-0.15, -0.1) is 28.4 Å². The summed E-state index contributed by atoms with van der Waals surface area (Å²) >= 11 is 3.63.